The van der Waals surface area contributed by atoms with Crippen molar-refractivity contribution in [3.63, 3.8) is 0 Å². The molecule has 0 aliphatic carbocycles. The molecule has 3 atom stereocenters. The van der Waals surface area contributed by atoms with Crippen molar-refractivity contribution < 1.29 is 34.5 Å². The van der Waals surface area contributed by atoms with Crippen molar-refractivity contribution in [2.75, 3.05) is 0 Å². The Morgan fingerprint density at radius 1 is 0.875 bits per heavy atom. The fourth-order valence-corrected chi connectivity index (χ4v) is 3.34. The van der Waals surface area contributed by atoms with Gasteiger partial charge >= 0.3 is 5.97 Å². The molecule has 0 aliphatic rings. The molecule has 32 heavy (non-hydrogen) atoms. The average Bonchev–Trinajstić information content (AvgIpc) is 2.75. The Labute approximate surface area is 185 Å². The molecular formula is C24H27NO7. The van der Waals surface area contributed by atoms with Crippen molar-refractivity contribution in [3.05, 3.63) is 59.7 Å². The van der Waals surface area contributed by atoms with Crippen molar-refractivity contribution in [3.8, 4) is 11.5 Å². The van der Waals surface area contributed by atoms with Gasteiger partial charge in [0.2, 0.25) is 5.91 Å². The summed E-state index contributed by atoms with van der Waals surface area (Å²) in [7, 11) is 0. The topological polar surface area (TPSA) is 141 Å². The summed E-state index contributed by atoms with van der Waals surface area (Å²) in [6.45, 7) is 1.75. The summed E-state index contributed by atoms with van der Waals surface area (Å²) < 4.78 is 0. The van der Waals surface area contributed by atoms with Gasteiger partial charge in [0.05, 0.1) is 12.5 Å². The molecule has 0 saturated carbocycles. The first-order valence-corrected chi connectivity index (χ1v) is 10.2. The van der Waals surface area contributed by atoms with Gasteiger partial charge < -0.3 is 25.4 Å². The Bertz CT molecular complexity index is 938. The van der Waals surface area contributed by atoms with E-state index in [9.17, 15) is 29.4 Å². The van der Waals surface area contributed by atoms with Crippen LogP contribution in [0, 0.1) is 11.8 Å². The molecule has 2 aromatic rings. The van der Waals surface area contributed by atoms with E-state index in [1.807, 2.05) is 0 Å². The Hall–Kier alpha value is -3.68. The largest absolute Gasteiger partial charge is 0.508 e. The van der Waals surface area contributed by atoms with Crippen LogP contribution < -0.4 is 5.32 Å². The van der Waals surface area contributed by atoms with Crippen LogP contribution in [0.2, 0.25) is 0 Å². The second-order valence-electron chi connectivity index (χ2n) is 7.86. The summed E-state index contributed by atoms with van der Waals surface area (Å²) in [6, 6.07) is 11.5. The number of Topliss-reactive ketones (excluding diaryl/α,β-unsaturated/α-hetero) is 1. The second-order valence-corrected chi connectivity index (χ2v) is 7.86. The minimum Gasteiger partial charge on any atom is -0.508 e. The zero-order valence-electron chi connectivity index (χ0n) is 17.7. The SMILES string of the molecule is C[C@@H](Cc1ccc(O)cc1)C(=O)CC(Cc1ccc(O)cc1)C(=O)N[C@H](C=O)CC(=O)O. The van der Waals surface area contributed by atoms with Crippen LogP contribution in [0.25, 0.3) is 0 Å². The van der Waals surface area contributed by atoms with Gasteiger partial charge in [0.25, 0.3) is 0 Å². The monoisotopic (exact) mass is 441 g/mol. The highest BCUT2D eigenvalue weighted by Crippen LogP contribution is 2.21. The molecule has 4 N–H and O–H groups in total. The third kappa shape index (κ3) is 7.86. The minimum atomic E-state index is -1.23. The molecule has 0 aliphatic heterocycles. The van der Waals surface area contributed by atoms with Crippen LogP contribution in [-0.4, -0.2) is 45.3 Å². The van der Waals surface area contributed by atoms with Crippen LogP contribution in [0.4, 0.5) is 0 Å². The molecule has 8 nitrogen and oxygen atoms in total. The number of carboxylic acids is 1. The van der Waals surface area contributed by atoms with Crippen LogP contribution in [0.3, 0.4) is 0 Å². The average molecular weight is 441 g/mol. The van der Waals surface area contributed by atoms with Gasteiger partial charge in [-0.05, 0) is 48.2 Å². The second kappa shape index (κ2) is 11.6. The first kappa shape index (κ1) is 24.6. The lowest BCUT2D eigenvalue weighted by atomic mass is 9.87. The van der Waals surface area contributed by atoms with E-state index in [1.54, 1.807) is 31.2 Å². The van der Waals surface area contributed by atoms with E-state index in [1.165, 1.54) is 24.3 Å². The van der Waals surface area contributed by atoms with E-state index < -0.39 is 36.2 Å². The van der Waals surface area contributed by atoms with Crippen molar-refractivity contribution in [2.45, 2.75) is 38.6 Å². The molecule has 0 spiro atoms. The summed E-state index contributed by atoms with van der Waals surface area (Å²) in [6.07, 6.45) is 0.334. The first-order valence-electron chi connectivity index (χ1n) is 10.2. The predicted octanol–water partition coefficient (Wildman–Crippen LogP) is 2.25. The number of carbonyl (C=O) groups excluding carboxylic acids is 3. The lowest BCUT2D eigenvalue weighted by Gasteiger charge is -2.20. The molecule has 0 aromatic heterocycles. The standard InChI is InChI=1S/C24H27NO7/c1-15(10-16-2-6-20(27)7-3-16)22(29)12-18(11-17-4-8-21(28)9-5-17)24(32)25-19(14-26)13-23(30)31/h2-9,14-15,18-19,27-28H,10-13H2,1H3,(H,25,32)(H,30,31)/t15-,18?,19-/m0/s1. The number of aliphatic carboxylic acids is 1. The zero-order valence-corrected chi connectivity index (χ0v) is 17.7. The number of phenols is 2. The Morgan fingerprint density at radius 3 is 1.84 bits per heavy atom. The Balaban J connectivity index is 2.12. The van der Waals surface area contributed by atoms with Gasteiger partial charge in [-0.3, -0.25) is 14.4 Å². The van der Waals surface area contributed by atoms with Gasteiger partial charge in [0, 0.05) is 18.3 Å². The van der Waals surface area contributed by atoms with E-state index >= 15 is 0 Å². The highest BCUT2D eigenvalue weighted by molar-refractivity contribution is 5.90. The predicted molar refractivity (Wildman–Crippen MR) is 116 cm³/mol. The van der Waals surface area contributed by atoms with Crippen LogP contribution >= 0.6 is 0 Å². The summed E-state index contributed by atoms with van der Waals surface area (Å²) in [4.78, 5) is 47.8. The normalized spacial score (nSPS) is 13.5. The molecule has 1 unspecified atom stereocenters. The van der Waals surface area contributed by atoms with Gasteiger partial charge in [0.15, 0.2) is 0 Å². The number of hydrogen-bond acceptors (Lipinski definition) is 6. The number of benzene rings is 2. The fourth-order valence-electron chi connectivity index (χ4n) is 3.34. The number of carboxylic acid groups (broad SMARTS) is 1. The van der Waals surface area contributed by atoms with Gasteiger partial charge in [0.1, 0.15) is 23.6 Å². The minimum absolute atomic E-state index is 0.0656. The number of nitrogens with one attached hydrogen (secondary N) is 1. The van der Waals surface area contributed by atoms with E-state index in [4.69, 9.17) is 5.11 Å². The number of amides is 1. The quantitative estimate of drug-likeness (QED) is 0.370. The van der Waals surface area contributed by atoms with Crippen molar-refractivity contribution >= 4 is 23.9 Å². The molecule has 2 rings (SSSR count). The van der Waals surface area contributed by atoms with Gasteiger partial charge in [-0.2, -0.15) is 0 Å². The zero-order chi connectivity index (χ0) is 23.7. The molecule has 0 heterocycles. The molecule has 0 bridgehead atoms. The molecule has 1 amide bonds. The number of aldehydes is 1. The Morgan fingerprint density at radius 2 is 1.38 bits per heavy atom. The lowest BCUT2D eigenvalue weighted by Crippen LogP contribution is -2.42. The highest BCUT2D eigenvalue weighted by atomic mass is 16.4. The summed E-state index contributed by atoms with van der Waals surface area (Å²) in [5.74, 6) is -2.98. The van der Waals surface area contributed by atoms with Gasteiger partial charge in [-0.25, -0.2) is 0 Å². The lowest BCUT2D eigenvalue weighted by molar-refractivity contribution is -0.139. The van der Waals surface area contributed by atoms with Crippen LogP contribution in [0.1, 0.15) is 30.9 Å². The number of ketones is 1. The maximum absolute atomic E-state index is 12.9. The summed E-state index contributed by atoms with van der Waals surface area (Å²) >= 11 is 0. The van der Waals surface area contributed by atoms with Gasteiger partial charge in [-0.1, -0.05) is 31.2 Å². The molecule has 2 aromatic carbocycles. The Kier molecular flexibility index (Phi) is 8.95. The van der Waals surface area contributed by atoms with Crippen LogP contribution in [0.15, 0.2) is 48.5 Å². The number of aromatic hydroxyl groups is 2. The number of hydrogen-bond donors (Lipinski definition) is 4. The van der Waals surface area contributed by atoms with E-state index in [2.05, 4.69) is 5.32 Å². The molecule has 0 fully saturated rings. The summed E-state index contributed by atoms with van der Waals surface area (Å²) in [5.41, 5.74) is 1.58. The first-order chi connectivity index (χ1) is 15.2. The number of carbonyl (C=O) groups is 4. The third-order valence-corrected chi connectivity index (χ3v) is 5.15. The van der Waals surface area contributed by atoms with Gasteiger partial charge in [-0.15, -0.1) is 0 Å². The highest BCUT2D eigenvalue weighted by Gasteiger charge is 2.27. The van der Waals surface area contributed by atoms with Crippen LogP contribution in [0.5, 0.6) is 11.5 Å². The van der Waals surface area contributed by atoms with E-state index in [0.717, 1.165) is 5.56 Å². The molecule has 8 heteroatoms. The van der Waals surface area contributed by atoms with Crippen molar-refractivity contribution in [1.29, 1.82) is 0 Å². The maximum atomic E-state index is 12.9. The fraction of sp³-hybridized carbons (Fsp3) is 0.333. The third-order valence-electron chi connectivity index (χ3n) is 5.15. The summed E-state index contributed by atoms with van der Waals surface area (Å²) in [5, 5.41) is 30.2. The maximum Gasteiger partial charge on any atom is 0.305 e. The van der Waals surface area contributed by atoms with Crippen molar-refractivity contribution in [1.82, 2.24) is 5.32 Å². The van der Waals surface area contributed by atoms with Crippen molar-refractivity contribution in [2.24, 2.45) is 11.8 Å². The smallest absolute Gasteiger partial charge is 0.305 e. The van der Waals surface area contributed by atoms with E-state index in [0.29, 0.717) is 18.3 Å². The van der Waals surface area contributed by atoms with Crippen LogP contribution in [-0.2, 0) is 32.0 Å². The molecule has 0 saturated heterocycles. The molecular weight excluding hydrogens is 414 g/mol. The number of phenolic OH excluding ortho intramolecular Hbond substituents is 2. The molecule has 0 radical (unpaired) electrons. The van der Waals surface area contributed by atoms with E-state index in [-0.39, 0.29) is 30.1 Å². The number of rotatable bonds is 12. The molecule has 170 valence electrons.